The predicted octanol–water partition coefficient (Wildman–Crippen LogP) is -0.925. The zero-order chi connectivity index (χ0) is 21.7. The molecule has 3 aliphatic heterocycles. The molecular weight excluding hydrogens is 533 g/mol. The number of nitrogens with one attached hydrogen (secondary N) is 2. The molecule has 1 unspecified atom stereocenters. The summed E-state index contributed by atoms with van der Waals surface area (Å²) >= 11 is 0. The Bertz CT molecular complexity index is 869. The first-order valence-corrected chi connectivity index (χ1v) is 11.6. The molecule has 1 aromatic carbocycles. The number of benzene rings is 1. The average Bonchev–Trinajstić information content (AvgIpc) is 2.73. The number of sulfonamides is 1. The number of amides is 1. The van der Waals surface area contributed by atoms with Crippen LogP contribution in [0.15, 0.2) is 34.2 Å². The molecule has 3 heterocycles. The van der Waals surface area contributed by atoms with E-state index >= 15 is 0 Å². The molecule has 0 saturated carbocycles. The van der Waals surface area contributed by atoms with E-state index in [1.165, 1.54) is 17.0 Å². The Balaban J connectivity index is 0.00000341. The minimum absolute atomic E-state index is 0. The van der Waals surface area contributed by atoms with Crippen molar-refractivity contribution in [3.8, 4) is 0 Å². The van der Waals surface area contributed by atoms with Crippen molar-refractivity contribution in [3.63, 3.8) is 0 Å². The number of aliphatic imine (C=N–C) groups is 1. The summed E-state index contributed by atoms with van der Waals surface area (Å²) in [6.45, 7) is 6.68. The molecule has 4 rings (SSSR count). The summed E-state index contributed by atoms with van der Waals surface area (Å²) in [7, 11) is -0.294. The fourth-order valence-corrected chi connectivity index (χ4v) is 4.09. The number of fused-ring (bicyclic) bond motifs is 3. The lowest BCUT2D eigenvalue weighted by Gasteiger charge is -2.47. The van der Waals surface area contributed by atoms with Crippen LogP contribution in [0.2, 0.25) is 0 Å². The third kappa shape index (κ3) is 7.56. The molecule has 3 aliphatic rings. The van der Waals surface area contributed by atoms with Gasteiger partial charge in [0.15, 0.2) is 5.96 Å². The lowest BCUT2D eigenvalue weighted by atomic mass is 10.1. The SMILES string of the molecule is CN(C)C(=O)CNC(=NCc1ccc(S(N)(=O)=O)cc1)NCC1CN2CCN1CC2.I. The van der Waals surface area contributed by atoms with Gasteiger partial charge in [0.2, 0.25) is 15.9 Å². The van der Waals surface area contributed by atoms with Gasteiger partial charge < -0.3 is 15.5 Å². The van der Waals surface area contributed by atoms with Gasteiger partial charge in [0.05, 0.1) is 18.0 Å². The van der Waals surface area contributed by atoms with Gasteiger partial charge >= 0.3 is 0 Å². The summed E-state index contributed by atoms with van der Waals surface area (Å²) in [6, 6.07) is 6.72. The van der Waals surface area contributed by atoms with Crippen molar-refractivity contribution in [3.05, 3.63) is 29.8 Å². The van der Waals surface area contributed by atoms with Gasteiger partial charge in [-0.2, -0.15) is 0 Å². The first kappa shape index (κ1) is 25.8. The van der Waals surface area contributed by atoms with Crippen molar-refractivity contribution in [2.45, 2.75) is 17.5 Å². The molecule has 3 fully saturated rings. The molecule has 12 heteroatoms. The minimum atomic E-state index is -3.71. The highest BCUT2D eigenvalue weighted by Crippen LogP contribution is 2.15. The number of guanidine groups is 1. The molecule has 0 aromatic heterocycles. The average molecular weight is 565 g/mol. The van der Waals surface area contributed by atoms with Crippen LogP contribution in [0.3, 0.4) is 0 Å². The van der Waals surface area contributed by atoms with Crippen molar-refractivity contribution >= 4 is 45.9 Å². The number of hydrogen-bond acceptors (Lipinski definition) is 6. The van der Waals surface area contributed by atoms with Crippen LogP contribution in [0.5, 0.6) is 0 Å². The van der Waals surface area contributed by atoms with E-state index in [1.807, 2.05) is 0 Å². The van der Waals surface area contributed by atoms with Gasteiger partial charge in [-0.05, 0) is 17.7 Å². The van der Waals surface area contributed by atoms with Gasteiger partial charge in [-0.1, -0.05) is 12.1 Å². The van der Waals surface area contributed by atoms with E-state index in [9.17, 15) is 13.2 Å². The Labute approximate surface area is 201 Å². The third-order valence-corrected chi connectivity index (χ3v) is 6.40. The molecule has 1 aromatic rings. The standard InChI is InChI=1S/C19H31N7O3S.HI/c1-24(2)18(27)13-23-19(22-12-16-14-25-7-9-26(16)10-8-25)21-11-15-3-5-17(6-4-15)30(20,28)29;/h3-6,16H,7-14H2,1-2H3,(H2,20,28,29)(H2,21,22,23);1H. The molecule has 174 valence electrons. The smallest absolute Gasteiger partial charge is 0.241 e. The largest absolute Gasteiger partial charge is 0.355 e. The molecule has 0 radical (unpaired) electrons. The molecular formula is C19H32IN7O3S. The summed E-state index contributed by atoms with van der Waals surface area (Å²) in [4.78, 5) is 23.1. The summed E-state index contributed by atoms with van der Waals surface area (Å²) in [6.07, 6.45) is 0. The fourth-order valence-electron chi connectivity index (χ4n) is 3.58. The van der Waals surface area contributed by atoms with E-state index in [0.29, 0.717) is 18.5 Å². The van der Waals surface area contributed by atoms with Crippen LogP contribution in [0.1, 0.15) is 5.56 Å². The monoisotopic (exact) mass is 565 g/mol. The van der Waals surface area contributed by atoms with E-state index in [4.69, 9.17) is 5.14 Å². The number of primary sulfonamides is 1. The van der Waals surface area contributed by atoms with E-state index < -0.39 is 10.0 Å². The topological polar surface area (TPSA) is 123 Å². The van der Waals surface area contributed by atoms with E-state index in [-0.39, 0.29) is 41.3 Å². The molecule has 3 saturated heterocycles. The lowest BCUT2D eigenvalue weighted by Crippen LogP contribution is -2.64. The lowest BCUT2D eigenvalue weighted by molar-refractivity contribution is -0.127. The molecule has 0 aliphatic carbocycles. The van der Waals surface area contributed by atoms with E-state index in [2.05, 4.69) is 25.4 Å². The highest BCUT2D eigenvalue weighted by atomic mass is 127. The molecule has 2 bridgehead atoms. The number of nitrogens with two attached hydrogens (primary N) is 1. The Kier molecular flexibility index (Phi) is 9.48. The highest BCUT2D eigenvalue weighted by Gasteiger charge is 2.31. The summed E-state index contributed by atoms with van der Waals surface area (Å²) in [5.41, 5.74) is 0.842. The van der Waals surface area contributed by atoms with Crippen LogP contribution in [-0.4, -0.2) is 101 Å². The van der Waals surface area contributed by atoms with Crippen LogP contribution < -0.4 is 15.8 Å². The maximum atomic E-state index is 12.0. The predicted molar refractivity (Wildman–Crippen MR) is 131 cm³/mol. The second-order valence-corrected chi connectivity index (χ2v) is 9.43. The molecule has 1 atom stereocenters. The second-order valence-electron chi connectivity index (χ2n) is 7.87. The van der Waals surface area contributed by atoms with Crippen LogP contribution >= 0.6 is 24.0 Å². The summed E-state index contributed by atoms with van der Waals surface area (Å²) in [5.74, 6) is 0.506. The Morgan fingerprint density at radius 2 is 1.81 bits per heavy atom. The summed E-state index contributed by atoms with van der Waals surface area (Å²) < 4.78 is 22.8. The Morgan fingerprint density at radius 3 is 2.32 bits per heavy atom. The minimum Gasteiger partial charge on any atom is -0.355 e. The van der Waals surface area contributed by atoms with Gasteiger partial charge in [0, 0.05) is 59.4 Å². The molecule has 10 nitrogen and oxygen atoms in total. The van der Waals surface area contributed by atoms with Gasteiger partial charge in [0.25, 0.3) is 0 Å². The van der Waals surface area contributed by atoms with Crippen LogP contribution in [0.4, 0.5) is 0 Å². The van der Waals surface area contributed by atoms with Crippen molar-refractivity contribution < 1.29 is 13.2 Å². The quantitative estimate of drug-likeness (QED) is 0.222. The number of hydrogen-bond donors (Lipinski definition) is 3. The zero-order valence-corrected chi connectivity index (χ0v) is 21.1. The number of carbonyl (C=O) groups is 1. The molecule has 0 spiro atoms. The number of halogens is 1. The highest BCUT2D eigenvalue weighted by molar-refractivity contribution is 14.0. The Morgan fingerprint density at radius 1 is 1.16 bits per heavy atom. The maximum absolute atomic E-state index is 12.0. The van der Waals surface area contributed by atoms with Crippen molar-refractivity contribution in [1.82, 2.24) is 25.3 Å². The third-order valence-electron chi connectivity index (χ3n) is 5.47. The van der Waals surface area contributed by atoms with Crippen molar-refractivity contribution in [2.24, 2.45) is 10.1 Å². The van der Waals surface area contributed by atoms with Crippen LogP contribution in [0, 0.1) is 0 Å². The zero-order valence-electron chi connectivity index (χ0n) is 18.0. The van der Waals surface area contributed by atoms with Gasteiger partial charge in [-0.3, -0.25) is 14.6 Å². The van der Waals surface area contributed by atoms with Gasteiger partial charge in [-0.25, -0.2) is 18.5 Å². The van der Waals surface area contributed by atoms with Gasteiger partial charge in [-0.15, -0.1) is 24.0 Å². The number of nitrogens with zero attached hydrogens (tertiary/aromatic N) is 4. The van der Waals surface area contributed by atoms with E-state index in [0.717, 1.165) is 44.8 Å². The molecule has 4 N–H and O–H groups in total. The maximum Gasteiger partial charge on any atom is 0.241 e. The fraction of sp³-hybridized carbons (Fsp3) is 0.579. The first-order chi connectivity index (χ1) is 14.2. The van der Waals surface area contributed by atoms with Crippen molar-refractivity contribution in [1.29, 1.82) is 0 Å². The van der Waals surface area contributed by atoms with E-state index in [1.54, 1.807) is 26.2 Å². The van der Waals surface area contributed by atoms with Gasteiger partial charge in [0.1, 0.15) is 0 Å². The van der Waals surface area contributed by atoms with Crippen LogP contribution in [0.25, 0.3) is 0 Å². The Hall–Kier alpha value is -1.48. The normalized spacial score (nSPS) is 23.1. The number of likely N-dealkylation sites (N-methyl/N-ethyl adjacent to an activating group) is 1. The summed E-state index contributed by atoms with van der Waals surface area (Å²) in [5, 5.41) is 11.6. The second kappa shape index (κ2) is 11.4. The number of piperazine rings is 3. The first-order valence-electron chi connectivity index (χ1n) is 10.0. The number of carbonyl (C=O) groups excluding carboxylic acids is 1. The van der Waals surface area contributed by atoms with Crippen LogP contribution in [-0.2, 0) is 21.4 Å². The molecule has 31 heavy (non-hydrogen) atoms. The number of rotatable bonds is 7. The molecule has 1 amide bonds. The van der Waals surface area contributed by atoms with Crippen molar-refractivity contribution in [2.75, 3.05) is 59.9 Å².